The highest BCUT2D eigenvalue weighted by molar-refractivity contribution is 7.47. The predicted molar refractivity (Wildman–Crippen MR) is 379 cm³/mol. The first-order valence-corrected chi connectivity index (χ1v) is 39.5. The van der Waals surface area contributed by atoms with Gasteiger partial charge in [-0.25, -0.2) is 4.57 Å². The summed E-state index contributed by atoms with van der Waals surface area (Å²) in [5.41, 5.74) is 0. The summed E-state index contributed by atoms with van der Waals surface area (Å²) in [7, 11) is 1.51. The van der Waals surface area contributed by atoms with Crippen molar-refractivity contribution in [3.8, 4) is 0 Å². The van der Waals surface area contributed by atoms with Crippen molar-refractivity contribution in [2.24, 2.45) is 0 Å². The molecule has 1 amide bonds. The highest BCUT2D eigenvalue weighted by atomic mass is 31.2. The van der Waals surface area contributed by atoms with E-state index in [1.165, 1.54) is 283 Å². The van der Waals surface area contributed by atoms with Crippen LogP contribution in [0.25, 0.3) is 0 Å². The summed E-state index contributed by atoms with van der Waals surface area (Å²) in [6, 6.07) is -0.848. The molecule has 0 aromatic rings. The summed E-state index contributed by atoms with van der Waals surface area (Å²) in [5, 5.41) is 3.08. The Morgan fingerprint density at radius 1 is 0.402 bits per heavy atom. The number of carbonyl (C=O) groups excluding carboxylic acids is 2. The molecule has 0 bridgehead atoms. The summed E-state index contributed by atoms with van der Waals surface area (Å²) < 4.78 is 30.9. The van der Waals surface area contributed by atoms with E-state index < -0.39 is 20.0 Å². The molecule has 0 aliphatic heterocycles. The van der Waals surface area contributed by atoms with Crippen molar-refractivity contribution in [2.45, 2.75) is 392 Å². The molecular formula is C77H148N2O7P+. The van der Waals surface area contributed by atoms with Crippen LogP contribution in [0.1, 0.15) is 380 Å². The molecule has 3 atom stereocenters. The van der Waals surface area contributed by atoms with Crippen LogP contribution in [-0.4, -0.2) is 74.3 Å². The van der Waals surface area contributed by atoms with Gasteiger partial charge in [0, 0.05) is 12.8 Å². The molecular weight excluding hydrogens is 1100 g/mol. The van der Waals surface area contributed by atoms with E-state index in [1.807, 2.05) is 27.2 Å². The number of esters is 1. The van der Waals surface area contributed by atoms with Crippen molar-refractivity contribution in [1.29, 1.82) is 0 Å². The smallest absolute Gasteiger partial charge is 0.456 e. The quantitative estimate of drug-likeness (QED) is 0.0205. The zero-order valence-corrected chi connectivity index (χ0v) is 59.7. The second-order valence-electron chi connectivity index (χ2n) is 27.2. The molecule has 0 saturated carbocycles. The maximum Gasteiger partial charge on any atom is 0.472 e. The summed E-state index contributed by atoms with van der Waals surface area (Å²) in [5.74, 6) is -0.488. The van der Waals surface area contributed by atoms with Gasteiger partial charge in [0.05, 0.1) is 33.8 Å². The van der Waals surface area contributed by atoms with Crippen LogP contribution in [0.3, 0.4) is 0 Å². The topological polar surface area (TPSA) is 111 Å². The highest BCUT2D eigenvalue weighted by Crippen LogP contribution is 2.43. The summed E-state index contributed by atoms with van der Waals surface area (Å²) in [4.78, 5) is 38.0. The lowest BCUT2D eigenvalue weighted by molar-refractivity contribution is -0.870. The van der Waals surface area contributed by atoms with Crippen molar-refractivity contribution in [2.75, 3.05) is 40.9 Å². The van der Waals surface area contributed by atoms with Crippen molar-refractivity contribution in [3.05, 3.63) is 48.6 Å². The van der Waals surface area contributed by atoms with Crippen LogP contribution in [0.5, 0.6) is 0 Å². The third-order valence-corrected chi connectivity index (χ3v) is 18.2. The Kier molecular flexibility index (Phi) is 65.3. The first-order chi connectivity index (χ1) is 42.4. The van der Waals surface area contributed by atoms with E-state index in [0.29, 0.717) is 23.9 Å². The van der Waals surface area contributed by atoms with E-state index in [2.05, 4.69) is 68.6 Å². The van der Waals surface area contributed by atoms with Gasteiger partial charge < -0.3 is 19.4 Å². The Bertz CT molecular complexity index is 1620. The number of hydrogen-bond donors (Lipinski definition) is 2. The van der Waals surface area contributed by atoms with Gasteiger partial charge in [0.1, 0.15) is 19.3 Å². The number of rotatable bonds is 70. The predicted octanol–water partition coefficient (Wildman–Crippen LogP) is 24.4. The molecule has 0 radical (unpaired) electrons. The Morgan fingerprint density at radius 3 is 1.07 bits per heavy atom. The number of carbonyl (C=O) groups is 2. The molecule has 0 saturated heterocycles. The number of quaternary nitrogens is 1. The number of allylic oxidation sites excluding steroid dienone is 7. The first kappa shape index (κ1) is 85.0. The average Bonchev–Trinajstić information content (AvgIpc) is 3.70. The molecule has 512 valence electrons. The zero-order valence-electron chi connectivity index (χ0n) is 58.8. The number of hydrogen-bond acceptors (Lipinski definition) is 6. The molecule has 87 heavy (non-hydrogen) atoms. The molecule has 0 aliphatic carbocycles. The largest absolute Gasteiger partial charge is 0.472 e. The molecule has 0 aliphatic rings. The Morgan fingerprint density at radius 2 is 0.701 bits per heavy atom. The molecule has 0 aromatic heterocycles. The van der Waals surface area contributed by atoms with Gasteiger partial charge in [0.15, 0.2) is 0 Å². The Hall–Kier alpha value is -2.03. The minimum Gasteiger partial charge on any atom is -0.456 e. The number of phosphoric acid groups is 1. The maximum absolute atomic E-state index is 13.7. The minimum absolute atomic E-state index is 0.0419. The highest BCUT2D eigenvalue weighted by Gasteiger charge is 2.30. The molecule has 0 fully saturated rings. The Balaban J connectivity index is 4.99. The van der Waals surface area contributed by atoms with E-state index in [4.69, 9.17) is 13.8 Å². The van der Waals surface area contributed by atoms with Crippen LogP contribution in [0.4, 0.5) is 0 Å². The molecule has 3 unspecified atom stereocenters. The van der Waals surface area contributed by atoms with Gasteiger partial charge in [-0.1, -0.05) is 327 Å². The zero-order chi connectivity index (χ0) is 63.5. The molecule has 0 aromatic carbocycles. The van der Waals surface area contributed by atoms with Gasteiger partial charge in [-0.3, -0.25) is 18.6 Å². The minimum atomic E-state index is -4.46. The van der Waals surface area contributed by atoms with Gasteiger partial charge in [-0.2, -0.15) is 0 Å². The van der Waals surface area contributed by atoms with Crippen LogP contribution in [0, 0.1) is 0 Å². The lowest BCUT2D eigenvalue weighted by atomic mass is 10.0. The van der Waals surface area contributed by atoms with Crippen molar-refractivity contribution >= 4 is 19.7 Å². The fraction of sp³-hybridized carbons (Fsp3) is 0.870. The van der Waals surface area contributed by atoms with Gasteiger partial charge in [0.25, 0.3) is 0 Å². The van der Waals surface area contributed by atoms with Gasteiger partial charge >= 0.3 is 13.8 Å². The van der Waals surface area contributed by atoms with Crippen LogP contribution in [0.15, 0.2) is 48.6 Å². The standard InChI is InChI=1S/C77H147N2O7P/c1-7-10-13-16-19-22-25-28-30-32-34-36-37-38-39-40-41-43-44-46-48-51-54-57-60-63-66-69-76(80)78-74(73-85-87(82,83)84-72-71-79(4,5)6)75(68-65-62-59-56-53-50-27-24-21-18-15-12-9-3)86-77(81)70-67-64-61-58-55-52-49-47-45-42-35-33-31-29-26-23-20-17-14-11-8-2/h20,23,28-31,65,68,74-75H,7-19,21-22,24-27,32-64,66-67,69-73H2,1-6H3,(H-,78,80,82,83)/p+1/b23-20-,30-28+,31-29-,68-65-. The summed E-state index contributed by atoms with van der Waals surface area (Å²) in [6.45, 7) is 7.05. The van der Waals surface area contributed by atoms with E-state index in [9.17, 15) is 19.0 Å². The maximum atomic E-state index is 13.7. The third-order valence-electron chi connectivity index (χ3n) is 17.2. The van der Waals surface area contributed by atoms with Crippen LogP contribution in [-0.2, 0) is 27.9 Å². The van der Waals surface area contributed by atoms with Crippen molar-refractivity contribution in [3.63, 3.8) is 0 Å². The van der Waals surface area contributed by atoms with Gasteiger partial charge in [0.2, 0.25) is 5.91 Å². The number of nitrogens with one attached hydrogen (secondary N) is 1. The molecule has 0 heterocycles. The number of phosphoric ester groups is 1. The second kappa shape index (κ2) is 66.9. The molecule has 0 spiro atoms. The lowest BCUT2D eigenvalue weighted by Crippen LogP contribution is -2.47. The molecule has 10 heteroatoms. The van der Waals surface area contributed by atoms with E-state index in [0.717, 1.165) is 64.2 Å². The van der Waals surface area contributed by atoms with E-state index in [1.54, 1.807) is 0 Å². The summed E-state index contributed by atoms with van der Waals surface area (Å²) >= 11 is 0. The first-order valence-electron chi connectivity index (χ1n) is 38.0. The molecule has 0 rings (SSSR count). The number of amides is 1. The number of ether oxygens (including phenoxy) is 1. The number of unbranched alkanes of at least 4 members (excludes halogenated alkanes) is 48. The number of nitrogens with zero attached hydrogens (tertiary/aromatic N) is 1. The second-order valence-corrected chi connectivity index (χ2v) is 28.6. The lowest BCUT2D eigenvalue weighted by Gasteiger charge is -2.27. The van der Waals surface area contributed by atoms with Crippen LogP contribution < -0.4 is 5.32 Å². The van der Waals surface area contributed by atoms with Crippen LogP contribution in [0.2, 0.25) is 0 Å². The van der Waals surface area contributed by atoms with Gasteiger partial charge in [-0.15, -0.1) is 0 Å². The van der Waals surface area contributed by atoms with Gasteiger partial charge in [-0.05, 0) is 89.5 Å². The Labute approximate surface area is 541 Å². The average molecular weight is 1250 g/mol. The SMILES string of the molecule is CCCCC/C=C\C/C=C\CCCCCCCCCCCCCC(=O)OC(/C=C\CCCCCCCCCCCCC)C(COP(=O)(O)OCC[N+](C)(C)C)NC(=O)CCCCCCCCCCCCCCCCCCC/C=C/CCCCCCCC. The summed E-state index contributed by atoms with van der Waals surface area (Å²) in [6.07, 6.45) is 85.6. The normalized spacial score (nSPS) is 13.7. The van der Waals surface area contributed by atoms with Crippen molar-refractivity contribution in [1.82, 2.24) is 5.32 Å². The van der Waals surface area contributed by atoms with E-state index in [-0.39, 0.29) is 25.1 Å². The fourth-order valence-electron chi connectivity index (χ4n) is 11.4. The van der Waals surface area contributed by atoms with Crippen molar-refractivity contribution < 1.29 is 37.3 Å². The number of likely N-dealkylation sites (N-methyl/N-ethyl adjacent to an activating group) is 1. The molecule has 2 N–H and O–H groups in total. The van der Waals surface area contributed by atoms with E-state index >= 15 is 0 Å². The van der Waals surface area contributed by atoms with Crippen LogP contribution >= 0.6 is 7.82 Å². The fourth-order valence-corrected chi connectivity index (χ4v) is 12.1. The molecule has 9 nitrogen and oxygen atoms in total. The third kappa shape index (κ3) is 68.2. The monoisotopic (exact) mass is 1240 g/mol.